The first-order valence-electron chi connectivity index (χ1n) is 8.60. The highest BCUT2D eigenvalue weighted by molar-refractivity contribution is 5.77. The number of carbonyl (C=O) groups is 1. The van der Waals surface area contributed by atoms with E-state index in [2.05, 4.69) is 10.3 Å². The van der Waals surface area contributed by atoms with Gasteiger partial charge in [0.05, 0.1) is 23.8 Å². The van der Waals surface area contributed by atoms with Crippen molar-refractivity contribution in [2.45, 2.75) is 26.4 Å². The van der Waals surface area contributed by atoms with Gasteiger partial charge < -0.3 is 10.1 Å². The molecular formula is C20H21N3O3. The highest BCUT2D eigenvalue weighted by atomic mass is 16.5. The third-order valence-electron chi connectivity index (χ3n) is 4.06. The van der Waals surface area contributed by atoms with Gasteiger partial charge >= 0.3 is 0 Å². The summed E-state index contributed by atoms with van der Waals surface area (Å²) in [5.74, 6) is 0.640. The summed E-state index contributed by atoms with van der Waals surface area (Å²) in [5, 5.41) is 3.43. The van der Waals surface area contributed by atoms with E-state index in [1.165, 1.54) is 10.9 Å². The molecular weight excluding hydrogens is 330 g/mol. The second kappa shape index (κ2) is 8.29. The Kier molecular flexibility index (Phi) is 5.63. The van der Waals surface area contributed by atoms with Crippen LogP contribution in [0.25, 0.3) is 10.9 Å². The van der Waals surface area contributed by atoms with Gasteiger partial charge in [-0.1, -0.05) is 30.3 Å². The number of nitrogens with one attached hydrogen (secondary N) is 1. The Balaban J connectivity index is 1.60. The maximum absolute atomic E-state index is 12.4. The lowest BCUT2D eigenvalue weighted by atomic mass is 10.2. The number of benzene rings is 2. The molecule has 26 heavy (non-hydrogen) atoms. The van der Waals surface area contributed by atoms with Gasteiger partial charge in [-0.2, -0.15) is 0 Å². The number of fused-ring (bicyclic) bond motifs is 1. The van der Waals surface area contributed by atoms with Gasteiger partial charge in [0.2, 0.25) is 5.91 Å². The van der Waals surface area contributed by atoms with Crippen molar-refractivity contribution >= 4 is 16.8 Å². The van der Waals surface area contributed by atoms with Crippen LogP contribution in [0.2, 0.25) is 0 Å². The van der Waals surface area contributed by atoms with Crippen molar-refractivity contribution in [1.29, 1.82) is 0 Å². The minimum atomic E-state index is -0.134. The van der Waals surface area contributed by atoms with Crippen molar-refractivity contribution in [2.75, 3.05) is 6.61 Å². The maximum atomic E-state index is 12.4. The molecule has 0 spiro atoms. The monoisotopic (exact) mass is 351 g/mol. The summed E-state index contributed by atoms with van der Waals surface area (Å²) >= 11 is 0. The van der Waals surface area contributed by atoms with E-state index in [-0.39, 0.29) is 24.4 Å². The molecule has 0 fully saturated rings. The molecule has 0 aliphatic heterocycles. The van der Waals surface area contributed by atoms with Crippen molar-refractivity contribution < 1.29 is 9.53 Å². The van der Waals surface area contributed by atoms with Crippen LogP contribution in [0.4, 0.5) is 0 Å². The standard InChI is InChI=1S/C20H21N3O3/c1-2-26-18-10-6-3-7-15(18)13-21-19(24)11-12-23-14-22-17-9-5-4-8-16(17)20(23)25/h3-10,14H,2,11-13H2,1H3,(H,21,24). The Bertz CT molecular complexity index is 966. The molecule has 0 bridgehead atoms. The van der Waals surface area contributed by atoms with E-state index in [9.17, 15) is 9.59 Å². The van der Waals surface area contributed by atoms with E-state index in [1.807, 2.05) is 37.3 Å². The highest BCUT2D eigenvalue weighted by Gasteiger charge is 2.08. The molecule has 3 rings (SSSR count). The summed E-state index contributed by atoms with van der Waals surface area (Å²) in [6, 6.07) is 14.8. The molecule has 1 amide bonds. The minimum absolute atomic E-state index is 0.128. The Labute approximate surface area is 151 Å². The summed E-state index contributed by atoms with van der Waals surface area (Å²) in [4.78, 5) is 28.8. The molecule has 0 aliphatic carbocycles. The fourth-order valence-corrected chi connectivity index (χ4v) is 2.72. The Morgan fingerprint density at radius 1 is 1.15 bits per heavy atom. The number of carbonyl (C=O) groups excluding carboxylic acids is 1. The second-order valence-corrected chi connectivity index (χ2v) is 5.83. The first-order valence-corrected chi connectivity index (χ1v) is 8.60. The summed E-state index contributed by atoms with van der Waals surface area (Å²) in [5.41, 5.74) is 1.45. The van der Waals surface area contributed by atoms with Crippen molar-refractivity contribution in [2.24, 2.45) is 0 Å². The Morgan fingerprint density at radius 2 is 1.92 bits per heavy atom. The molecule has 1 aromatic heterocycles. The lowest BCUT2D eigenvalue weighted by Gasteiger charge is -2.11. The quantitative estimate of drug-likeness (QED) is 0.710. The fraction of sp³-hybridized carbons (Fsp3) is 0.250. The smallest absolute Gasteiger partial charge is 0.261 e. The van der Waals surface area contributed by atoms with Crippen molar-refractivity contribution in [3.8, 4) is 5.75 Å². The third-order valence-corrected chi connectivity index (χ3v) is 4.06. The van der Waals surface area contributed by atoms with E-state index in [4.69, 9.17) is 4.74 Å². The molecule has 6 heteroatoms. The normalized spacial score (nSPS) is 10.7. The van der Waals surface area contributed by atoms with E-state index < -0.39 is 0 Å². The van der Waals surface area contributed by atoms with E-state index in [1.54, 1.807) is 18.2 Å². The molecule has 0 saturated carbocycles. The van der Waals surface area contributed by atoms with Crippen LogP contribution in [0.1, 0.15) is 18.9 Å². The molecule has 0 saturated heterocycles. The van der Waals surface area contributed by atoms with Crippen LogP contribution >= 0.6 is 0 Å². The van der Waals surface area contributed by atoms with Gasteiger partial charge in [-0.25, -0.2) is 4.98 Å². The molecule has 0 unspecified atom stereocenters. The number of aromatic nitrogens is 2. The molecule has 0 atom stereocenters. The predicted molar refractivity (Wildman–Crippen MR) is 100 cm³/mol. The zero-order valence-corrected chi connectivity index (χ0v) is 14.6. The number of para-hydroxylation sites is 2. The number of amides is 1. The third kappa shape index (κ3) is 4.08. The van der Waals surface area contributed by atoms with Crippen LogP contribution in [0.3, 0.4) is 0 Å². The van der Waals surface area contributed by atoms with Gasteiger partial charge in [0.15, 0.2) is 0 Å². The average Bonchev–Trinajstić information content (AvgIpc) is 2.67. The summed E-state index contributed by atoms with van der Waals surface area (Å²) < 4.78 is 7.02. The molecule has 6 nitrogen and oxygen atoms in total. The molecule has 134 valence electrons. The fourth-order valence-electron chi connectivity index (χ4n) is 2.72. The van der Waals surface area contributed by atoms with Crippen LogP contribution in [0, 0.1) is 0 Å². The Hall–Kier alpha value is -3.15. The molecule has 1 N–H and O–H groups in total. The SMILES string of the molecule is CCOc1ccccc1CNC(=O)CCn1cnc2ccccc2c1=O. The van der Waals surface area contributed by atoms with Crippen molar-refractivity contribution in [3.05, 3.63) is 70.8 Å². The summed E-state index contributed by atoms with van der Waals surface area (Å²) in [7, 11) is 0. The minimum Gasteiger partial charge on any atom is -0.494 e. The summed E-state index contributed by atoms with van der Waals surface area (Å²) in [6.07, 6.45) is 1.69. The summed E-state index contributed by atoms with van der Waals surface area (Å²) in [6.45, 7) is 3.17. The molecule has 3 aromatic rings. The van der Waals surface area contributed by atoms with Crippen LogP contribution in [-0.4, -0.2) is 22.1 Å². The van der Waals surface area contributed by atoms with Gasteiger partial charge in [0.1, 0.15) is 5.75 Å². The zero-order valence-electron chi connectivity index (χ0n) is 14.6. The Morgan fingerprint density at radius 3 is 2.77 bits per heavy atom. The zero-order chi connectivity index (χ0) is 18.4. The predicted octanol–water partition coefficient (Wildman–Crippen LogP) is 2.50. The molecule has 0 aliphatic rings. The van der Waals surface area contributed by atoms with Gasteiger partial charge in [-0.05, 0) is 25.1 Å². The highest BCUT2D eigenvalue weighted by Crippen LogP contribution is 2.17. The first-order chi connectivity index (χ1) is 12.7. The van der Waals surface area contributed by atoms with Crippen LogP contribution in [0.5, 0.6) is 5.75 Å². The largest absolute Gasteiger partial charge is 0.494 e. The molecule has 0 radical (unpaired) electrons. The van der Waals surface area contributed by atoms with E-state index in [0.29, 0.717) is 24.1 Å². The van der Waals surface area contributed by atoms with Gasteiger partial charge in [-0.15, -0.1) is 0 Å². The number of hydrogen-bond donors (Lipinski definition) is 1. The average molecular weight is 351 g/mol. The van der Waals surface area contributed by atoms with E-state index in [0.717, 1.165) is 11.3 Å². The molecule has 2 aromatic carbocycles. The lowest BCUT2D eigenvalue weighted by molar-refractivity contribution is -0.121. The van der Waals surface area contributed by atoms with Gasteiger partial charge in [-0.3, -0.25) is 14.2 Å². The number of nitrogens with zero attached hydrogens (tertiary/aromatic N) is 2. The number of rotatable bonds is 7. The van der Waals surface area contributed by atoms with Crippen molar-refractivity contribution in [1.82, 2.24) is 14.9 Å². The van der Waals surface area contributed by atoms with E-state index >= 15 is 0 Å². The second-order valence-electron chi connectivity index (χ2n) is 5.83. The van der Waals surface area contributed by atoms with Gasteiger partial charge in [0.25, 0.3) is 5.56 Å². The number of ether oxygens (including phenoxy) is 1. The van der Waals surface area contributed by atoms with Crippen LogP contribution in [0.15, 0.2) is 59.7 Å². The topological polar surface area (TPSA) is 73.2 Å². The molecule has 1 heterocycles. The number of hydrogen-bond acceptors (Lipinski definition) is 4. The van der Waals surface area contributed by atoms with Crippen molar-refractivity contribution in [3.63, 3.8) is 0 Å². The first kappa shape index (κ1) is 17.7. The maximum Gasteiger partial charge on any atom is 0.261 e. The van der Waals surface area contributed by atoms with Gasteiger partial charge in [0, 0.05) is 25.1 Å². The van der Waals surface area contributed by atoms with Crippen LogP contribution in [-0.2, 0) is 17.9 Å². The lowest BCUT2D eigenvalue weighted by Crippen LogP contribution is -2.27. The van der Waals surface area contributed by atoms with Crippen LogP contribution < -0.4 is 15.6 Å². The number of aryl methyl sites for hydroxylation is 1.